The zero-order valence-electron chi connectivity index (χ0n) is 18.8. The van der Waals surface area contributed by atoms with Crippen LogP contribution in [0.25, 0.3) is 10.3 Å². The van der Waals surface area contributed by atoms with Crippen molar-refractivity contribution in [1.82, 2.24) is 9.97 Å². The van der Waals surface area contributed by atoms with E-state index in [9.17, 15) is 14.9 Å². The summed E-state index contributed by atoms with van der Waals surface area (Å²) in [6, 6.07) is 15.6. The van der Waals surface area contributed by atoms with E-state index in [1.807, 2.05) is 0 Å². The van der Waals surface area contributed by atoms with Crippen LogP contribution in [0, 0.1) is 11.3 Å². The molecule has 0 aliphatic heterocycles. The maximum Gasteiger partial charge on any atom is 0.257 e. The van der Waals surface area contributed by atoms with Crippen molar-refractivity contribution < 1.29 is 14.3 Å². The number of amides is 2. The van der Waals surface area contributed by atoms with Crippen molar-refractivity contribution in [3.05, 3.63) is 69.7 Å². The molecule has 1 aliphatic rings. The van der Waals surface area contributed by atoms with Gasteiger partial charge in [0, 0.05) is 19.1 Å². The molecule has 0 unspecified atom stereocenters. The Morgan fingerprint density at radius 3 is 2.64 bits per heavy atom. The Morgan fingerprint density at radius 1 is 1.11 bits per heavy atom. The van der Waals surface area contributed by atoms with Crippen LogP contribution >= 0.6 is 34.5 Å². The van der Waals surface area contributed by atoms with Gasteiger partial charge in [0.25, 0.3) is 5.91 Å². The average molecular weight is 538 g/mol. The number of pyridine rings is 1. The second kappa shape index (κ2) is 9.39. The van der Waals surface area contributed by atoms with Crippen LogP contribution in [0.3, 0.4) is 0 Å². The molecule has 4 aromatic rings. The zero-order chi connectivity index (χ0) is 25.4. The molecule has 8 nitrogen and oxygen atoms in total. The minimum atomic E-state index is -0.617. The highest BCUT2D eigenvalue weighted by molar-refractivity contribution is 7.21. The third-order valence-electron chi connectivity index (χ3n) is 5.64. The molecule has 36 heavy (non-hydrogen) atoms. The zero-order valence-corrected chi connectivity index (χ0v) is 21.1. The highest BCUT2D eigenvalue weighted by Crippen LogP contribution is 2.50. The number of aromatic nitrogens is 2. The predicted octanol–water partition coefficient (Wildman–Crippen LogP) is 6.56. The van der Waals surface area contributed by atoms with Crippen LogP contribution in [-0.4, -0.2) is 21.8 Å². The van der Waals surface area contributed by atoms with E-state index in [0.29, 0.717) is 43.4 Å². The molecule has 0 atom stereocenters. The van der Waals surface area contributed by atoms with Crippen LogP contribution < -0.4 is 15.4 Å². The Hall–Kier alpha value is -3.71. The Balaban J connectivity index is 1.36. The lowest BCUT2D eigenvalue weighted by Gasteiger charge is -2.14. The van der Waals surface area contributed by atoms with Gasteiger partial charge in [-0.05, 0) is 42.7 Å². The summed E-state index contributed by atoms with van der Waals surface area (Å²) < 4.78 is 5.88. The number of nitrogens with one attached hydrogen (secondary N) is 2. The van der Waals surface area contributed by atoms with Gasteiger partial charge in [0.05, 0.1) is 32.8 Å². The first kappa shape index (κ1) is 24.0. The van der Waals surface area contributed by atoms with E-state index >= 15 is 0 Å². The highest BCUT2D eigenvalue weighted by Gasteiger charge is 2.46. The maximum atomic E-state index is 13.0. The molecule has 0 saturated heterocycles. The van der Waals surface area contributed by atoms with Gasteiger partial charge in [-0.2, -0.15) is 5.26 Å². The minimum Gasteiger partial charge on any atom is -0.439 e. The number of benzene rings is 2. The number of halogens is 2. The van der Waals surface area contributed by atoms with Crippen LogP contribution in [0.5, 0.6) is 11.6 Å². The van der Waals surface area contributed by atoms with Gasteiger partial charge in [0.15, 0.2) is 5.13 Å². The number of thiazole rings is 1. The van der Waals surface area contributed by atoms with Crippen molar-refractivity contribution in [2.45, 2.75) is 25.2 Å². The van der Waals surface area contributed by atoms with Gasteiger partial charge in [0.1, 0.15) is 16.1 Å². The maximum absolute atomic E-state index is 13.0. The molecule has 2 aromatic carbocycles. The lowest BCUT2D eigenvalue weighted by Crippen LogP contribution is -2.15. The van der Waals surface area contributed by atoms with Crippen molar-refractivity contribution in [1.29, 1.82) is 5.26 Å². The van der Waals surface area contributed by atoms with Gasteiger partial charge in [-0.25, -0.2) is 9.97 Å². The molecule has 180 valence electrons. The molecular weight excluding hydrogens is 521 g/mol. The van der Waals surface area contributed by atoms with E-state index < -0.39 is 11.3 Å². The molecule has 0 radical (unpaired) electrons. The van der Waals surface area contributed by atoms with Gasteiger partial charge in [-0.1, -0.05) is 46.7 Å². The summed E-state index contributed by atoms with van der Waals surface area (Å²) >= 11 is 14.1. The molecule has 2 aromatic heterocycles. The fourth-order valence-electron chi connectivity index (χ4n) is 3.68. The van der Waals surface area contributed by atoms with E-state index in [-0.39, 0.29) is 16.5 Å². The van der Waals surface area contributed by atoms with Crippen LogP contribution in [0.2, 0.25) is 10.0 Å². The van der Waals surface area contributed by atoms with Crippen LogP contribution in [-0.2, 0) is 10.2 Å². The lowest BCUT2D eigenvalue weighted by atomic mass is 9.95. The summed E-state index contributed by atoms with van der Waals surface area (Å²) in [5.41, 5.74) is 1.25. The number of carbonyl (C=O) groups excluding carboxylic acids is 2. The first-order valence-electron chi connectivity index (χ1n) is 10.8. The summed E-state index contributed by atoms with van der Waals surface area (Å²) in [4.78, 5) is 33.6. The monoisotopic (exact) mass is 537 g/mol. The Labute approximate surface area is 219 Å². The number of carbonyl (C=O) groups is 2. The van der Waals surface area contributed by atoms with E-state index in [1.165, 1.54) is 18.3 Å². The third kappa shape index (κ3) is 4.71. The van der Waals surface area contributed by atoms with Crippen LogP contribution in [0.4, 0.5) is 10.8 Å². The molecule has 5 rings (SSSR count). The average Bonchev–Trinajstić information content (AvgIpc) is 3.54. The summed E-state index contributed by atoms with van der Waals surface area (Å²) in [6.45, 7) is 1.41. The van der Waals surface area contributed by atoms with E-state index in [4.69, 9.17) is 27.9 Å². The quantitative estimate of drug-likeness (QED) is 0.287. The predicted molar refractivity (Wildman–Crippen MR) is 139 cm³/mol. The number of ether oxygens (including phenoxy) is 1. The number of rotatable bonds is 6. The number of nitrogens with zero attached hydrogens (tertiary/aromatic N) is 3. The Kier molecular flexibility index (Phi) is 6.26. The van der Waals surface area contributed by atoms with E-state index in [1.54, 1.807) is 48.5 Å². The Morgan fingerprint density at radius 2 is 1.92 bits per heavy atom. The molecule has 1 aliphatic carbocycles. The van der Waals surface area contributed by atoms with Gasteiger partial charge in [-0.3, -0.25) is 9.59 Å². The van der Waals surface area contributed by atoms with Crippen molar-refractivity contribution in [3.63, 3.8) is 0 Å². The summed E-state index contributed by atoms with van der Waals surface area (Å²) in [6.07, 6.45) is 1.44. The normalized spacial score (nSPS) is 13.6. The number of anilines is 2. The fraction of sp³-hybridized carbons (Fsp3) is 0.160. The standard InChI is InChI=1S/C25H17Cl2N5O3S/c1-13(33)29-24-31-18-7-8-20(32-23(18)36-24)35-14-5-6-17(26)19(11-14)30-22(34)15-3-2-4-16(21(15)27)25(12-28)9-10-25/h2-8,11H,9-10H2,1H3,(H,30,34)(H,29,31,33). The number of nitriles is 1. The van der Waals surface area contributed by atoms with Crippen molar-refractivity contribution in [2.24, 2.45) is 0 Å². The molecule has 1 saturated carbocycles. The van der Waals surface area contributed by atoms with E-state index in [2.05, 4.69) is 26.7 Å². The smallest absolute Gasteiger partial charge is 0.257 e. The van der Waals surface area contributed by atoms with E-state index in [0.717, 1.165) is 12.8 Å². The third-order valence-corrected chi connectivity index (χ3v) is 7.26. The molecular formula is C25H17Cl2N5O3S. The fourth-order valence-corrected chi connectivity index (χ4v) is 5.11. The van der Waals surface area contributed by atoms with Crippen LogP contribution in [0.1, 0.15) is 35.7 Å². The van der Waals surface area contributed by atoms with Gasteiger partial charge >= 0.3 is 0 Å². The number of hydrogen-bond donors (Lipinski definition) is 2. The molecule has 0 bridgehead atoms. The molecule has 11 heteroatoms. The summed E-state index contributed by atoms with van der Waals surface area (Å²) in [7, 11) is 0. The second-order valence-corrected chi connectivity index (χ2v) is 10.00. The molecule has 0 spiro atoms. The Bertz CT molecular complexity index is 1580. The largest absolute Gasteiger partial charge is 0.439 e. The molecule has 2 heterocycles. The second-order valence-electron chi connectivity index (χ2n) is 8.23. The minimum absolute atomic E-state index is 0.216. The molecule has 2 N–H and O–H groups in total. The summed E-state index contributed by atoms with van der Waals surface area (Å²) in [5.74, 6) is 0.0345. The van der Waals surface area contributed by atoms with Gasteiger partial charge < -0.3 is 15.4 Å². The van der Waals surface area contributed by atoms with Crippen LogP contribution in [0.15, 0.2) is 48.5 Å². The first-order valence-corrected chi connectivity index (χ1v) is 12.4. The number of fused-ring (bicyclic) bond motifs is 1. The molecule has 1 fully saturated rings. The topological polar surface area (TPSA) is 117 Å². The highest BCUT2D eigenvalue weighted by atomic mass is 35.5. The van der Waals surface area contributed by atoms with Crippen molar-refractivity contribution >= 4 is 67.5 Å². The summed E-state index contributed by atoms with van der Waals surface area (Å²) in [5, 5.41) is 15.9. The molecule has 2 amide bonds. The first-order chi connectivity index (χ1) is 17.3. The van der Waals surface area contributed by atoms with Gasteiger partial charge in [-0.15, -0.1) is 0 Å². The number of hydrogen-bond acceptors (Lipinski definition) is 7. The SMILES string of the molecule is CC(=O)Nc1nc2ccc(Oc3ccc(Cl)c(NC(=O)c4cccc(C5(C#N)CC5)c4Cl)c3)nc2s1. The van der Waals surface area contributed by atoms with Crippen molar-refractivity contribution in [3.8, 4) is 17.7 Å². The van der Waals surface area contributed by atoms with Gasteiger partial charge in [0.2, 0.25) is 11.8 Å². The van der Waals surface area contributed by atoms with Crippen molar-refractivity contribution in [2.75, 3.05) is 10.6 Å². The lowest BCUT2D eigenvalue weighted by molar-refractivity contribution is -0.114.